The quantitative estimate of drug-likeness (QED) is 0.675. The van der Waals surface area contributed by atoms with Gasteiger partial charge in [0.1, 0.15) is 5.01 Å². The molecule has 4 nitrogen and oxygen atoms in total. The molecule has 0 atom stereocenters. The highest BCUT2D eigenvalue weighted by molar-refractivity contribution is 8.00. The van der Waals surface area contributed by atoms with Gasteiger partial charge in [-0.3, -0.25) is 10.1 Å². The lowest BCUT2D eigenvalue weighted by Crippen LogP contribution is -2.13. The molecule has 0 spiro atoms. The minimum absolute atomic E-state index is 0.0994. The number of hydrogen-bond donors (Lipinski definition) is 1. The van der Waals surface area contributed by atoms with Crippen LogP contribution in [0.3, 0.4) is 0 Å². The Balaban J connectivity index is 1.58. The van der Waals surface area contributed by atoms with Crippen molar-refractivity contribution in [2.45, 2.75) is 4.90 Å². The van der Waals surface area contributed by atoms with Gasteiger partial charge in [0, 0.05) is 15.5 Å². The van der Waals surface area contributed by atoms with Gasteiger partial charge in [-0.15, -0.1) is 22.0 Å². The Morgan fingerprint density at radius 3 is 2.57 bits per heavy atom. The van der Waals surface area contributed by atoms with Crippen molar-refractivity contribution in [2.75, 3.05) is 11.1 Å². The van der Waals surface area contributed by atoms with E-state index in [9.17, 15) is 4.79 Å². The molecule has 2 aromatic carbocycles. The van der Waals surface area contributed by atoms with Gasteiger partial charge in [-0.05, 0) is 24.3 Å². The Morgan fingerprint density at radius 2 is 1.83 bits per heavy atom. The fourth-order valence-corrected chi connectivity index (χ4v) is 3.41. The van der Waals surface area contributed by atoms with E-state index in [1.807, 2.05) is 42.5 Å². The summed E-state index contributed by atoms with van der Waals surface area (Å²) in [6.45, 7) is 0. The van der Waals surface area contributed by atoms with Gasteiger partial charge in [0.05, 0.1) is 5.75 Å². The summed E-state index contributed by atoms with van der Waals surface area (Å²) in [6, 6.07) is 17.1. The van der Waals surface area contributed by atoms with Crippen molar-refractivity contribution < 1.29 is 4.79 Å². The van der Waals surface area contributed by atoms with Gasteiger partial charge in [0.15, 0.2) is 0 Å². The molecule has 0 aliphatic carbocycles. The zero-order valence-electron chi connectivity index (χ0n) is 11.9. The summed E-state index contributed by atoms with van der Waals surface area (Å²) < 4.78 is 0. The number of halogens is 1. The van der Waals surface area contributed by atoms with Gasteiger partial charge in [-0.2, -0.15) is 0 Å². The number of carbonyl (C=O) groups excluding carboxylic acids is 1. The van der Waals surface area contributed by atoms with Crippen LogP contribution in [-0.4, -0.2) is 21.9 Å². The molecule has 1 heterocycles. The van der Waals surface area contributed by atoms with Crippen LogP contribution in [0.1, 0.15) is 0 Å². The minimum Gasteiger partial charge on any atom is -0.300 e. The van der Waals surface area contributed by atoms with Crippen LogP contribution in [0.4, 0.5) is 5.13 Å². The summed E-state index contributed by atoms with van der Waals surface area (Å²) in [6.07, 6.45) is 0. The second-order valence-electron chi connectivity index (χ2n) is 4.57. The molecule has 7 heteroatoms. The van der Waals surface area contributed by atoms with Crippen LogP contribution in [0.5, 0.6) is 0 Å². The summed E-state index contributed by atoms with van der Waals surface area (Å²) in [5.74, 6) is 0.234. The van der Waals surface area contributed by atoms with Crippen LogP contribution < -0.4 is 5.32 Å². The largest absolute Gasteiger partial charge is 0.300 e. The molecule has 0 unspecified atom stereocenters. The van der Waals surface area contributed by atoms with Crippen LogP contribution in [0.2, 0.25) is 5.02 Å². The van der Waals surface area contributed by atoms with E-state index in [0.717, 1.165) is 15.5 Å². The van der Waals surface area contributed by atoms with Gasteiger partial charge >= 0.3 is 0 Å². The van der Waals surface area contributed by atoms with Crippen LogP contribution >= 0.6 is 34.7 Å². The summed E-state index contributed by atoms with van der Waals surface area (Å²) in [7, 11) is 0. The Labute approximate surface area is 146 Å². The van der Waals surface area contributed by atoms with E-state index in [4.69, 9.17) is 11.6 Å². The number of thioether (sulfide) groups is 1. The van der Waals surface area contributed by atoms with E-state index in [1.54, 1.807) is 12.1 Å². The number of aromatic nitrogens is 2. The molecular weight excluding hydrogens is 350 g/mol. The Kier molecular flexibility index (Phi) is 5.27. The molecule has 3 aromatic rings. The van der Waals surface area contributed by atoms with Gasteiger partial charge < -0.3 is 0 Å². The van der Waals surface area contributed by atoms with E-state index in [-0.39, 0.29) is 5.91 Å². The zero-order chi connectivity index (χ0) is 16.1. The fourth-order valence-electron chi connectivity index (χ4n) is 1.80. The van der Waals surface area contributed by atoms with E-state index in [0.29, 0.717) is 15.9 Å². The van der Waals surface area contributed by atoms with Crippen molar-refractivity contribution >= 4 is 45.7 Å². The first-order valence-electron chi connectivity index (χ1n) is 6.78. The first-order chi connectivity index (χ1) is 11.2. The molecule has 0 saturated carbocycles. The van der Waals surface area contributed by atoms with Crippen molar-refractivity contribution in [1.82, 2.24) is 10.2 Å². The summed E-state index contributed by atoms with van der Waals surface area (Å²) in [5, 5.41) is 12.8. The number of benzene rings is 2. The first kappa shape index (κ1) is 16.0. The van der Waals surface area contributed by atoms with Crippen molar-refractivity contribution in [2.24, 2.45) is 0 Å². The molecule has 3 rings (SSSR count). The van der Waals surface area contributed by atoms with Crippen LogP contribution in [0.15, 0.2) is 59.5 Å². The van der Waals surface area contributed by atoms with Crippen molar-refractivity contribution in [3.05, 3.63) is 59.6 Å². The molecule has 0 bridgehead atoms. The lowest BCUT2D eigenvalue weighted by molar-refractivity contribution is -0.113. The van der Waals surface area contributed by atoms with E-state index >= 15 is 0 Å². The smallest absolute Gasteiger partial charge is 0.236 e. The molecule has 1 amide bonds. The van der Waals surface area contributed by atoms with Crippen LogP contribution in [0, 0.1) is 0 Å². The molecule has 1 aromatic heterocycles. The van der Waals surface area contributed by atoms with E-state index in [1.165, 1.54) is 23.1 Å². The predicted octanol–water partition coefficient (Wildman–Crippen LogP) is 4.59. The summed E-state index contributed by atoms with van der Waals surface area (Å²) in [5.41, 5.74) is 0.922. The molecule has 0 aliphatic rings. The molecule has 0 saturated heterocycles. The first-order valence-corrected chi connectivity index (χ1v) is 8.96. The third kappa shape index (κ3) is 4.54. The average molecular weight is 362 g/mol. The topological polar surface area (TPSA) is 54.9 Å². The number of nitrogens with zero attached hydrogens (tertiary/aromatic N) is 2. The number of rotatable bonds is 5. The van der Waals surface area contributed by atoms with Gasteiger partial charge in [-0.1, -0.05) is 53.3 Å². The fraction of sp³-hybridized carbons (Fsp3) is 0.0625. The lowest BCUT2D eigenvalue weighted by atomic mass is 10.2. The maximum absolute atomic E-state index is 12.0. The van der Waals surface area contributed by atoms with Gasteiger partial charge in [0.25, 0.3) is 0 Å². The lowest BCUT2D eigenvalue weighted by Gasteiger charge is -2.01. The number of hydrogen-bond acceptors (Lipinski definition) is 5. The highest BCUT2D eigenvalue weighted by Crippen LogP contribution is 2.27. The summed E-state index contributed by atoms with van der Waals surface area (Å²) >= 11 is 8.68. The highest BCUT2D eigenvalue weighted by Gasteiger charge is 2.10. The molecule has 0 aliphatic heterocycles. The van der Waals surface area contributed by atoms with Crippen molar-refractivity contribution in [3.8, 4) is 10.6 Å². The second-order valence-corrected chi connectivity index (χ2v) is 7.03. The third-order valence-corrected chi connectivity index (χ3v) is 5.03. The molecule has 23 heavy (non-hydrogen) atoms. The number of anilines is 1. The van der Waals surface area contributed by atoms with Crippen molar-refractivity contribution in [3.63, 3.8) is 0 Å². The maximum atomic E-state index is 12.0. The SMILES string of the molecule is O=C(CSc1ccccc1)Nc1nnc(-c2ccc(Cl)cc2)s1. The Hall–Kier alpha value is -1.89. The standard InChI is InChI=1S/C16H12ClN3OS2/c17-12-8-6-11(7-9-12)15-19-20-16(23-15)18-14(21)10-22-13-4-2-1-3-5-13/h1-9H,10H2,(H,18,20,21). The normalized spacial score (nSPS) is 10.5. The molecule has 0 fully saturated rings. The highest BCUT2D eigenvalue weighted by atomic mass is 35.5. The van der Waals surface area contributed by atoms with Crippen molar-refractivity contribution in [1.29, 1.82) is 0 Å². The molecular formula is C16H12ClN3OS2. The Bertz CT molecular complexity index is 791. The second kappa shape index (κ2) is 7.59. The monoisotopic (exact) mass is 361 g/mol. The number of amides is 1. The third-order valence-electron chi connectivity index (χ3n) is 2.88. The van der Waals surface area contributed by atoms with Crippen LogP contribution in [-0.2, 0) is 4.79 Å². The molecule has 0 radical (unpaired) electrons. The number of nitrogens with one attached hydrogen (secondary N) is 1. The van der Waals surface area contributed by atoms with E-state index < -0.39 is 0 Å². The predicted molar refractivity (Wildman–Crippen MR) is 96.2 cm³/mol. The molecule has 116 valence electrons. The van der Waals surface area contributed by atoms with E-state index in [2.05, 4.69) is 15.5 Å². The zero-order valence-corrected chi connectivity index (χ0v) is 14.3. The Morgan fingerprint density at radius 1 is 1.09 bits per heavy atom. The summed E-state index contributed by atoms with van der Waals surface area (Å²) in [4.78, 5) is 13.0. The average Bonchev–Trinajstić information content (AvgIpc) is 3.03. The van der Waals surface area contributed by atoms with Gasteiger partial charge in [0.2, 0.25) is 11.0 Å². The van der Waals surface area contributed by atoms with Gasteiger partial charge in [-0.25, -0.2) is 0 Å². The molecule has 1 N–H and O–H groups in total. The minimum atomic E-state index is -0.0994. The maximum Gasteiger partial charge on any atom is 0.236 e. The number of carbonyl (C=O) groups is 1. The van der Waals surface area contributed by atoms with Crippen LogP contribution in [0.25, 0.3) is 10.6 Å².